The second-order valence-electron chi connectivity index (χ2n) is 6.72. The molecule has 0 heterocycles. The lowest BCUT2D eigenvalue weighted by Gasteiger charge is -2.05. The van der Waals surface area contributed by atoms with Crippen LogP contribution in [-0.4, -0.2) is 18.0 Å². The summed E-state index contributed by atoms with van der Waals surface area (Å²) in [4.78, 5) is 11.1. The molecule has 24 heavy (non-hydrogen) atoms. The van der Waals surface area contributed by atoms with Crippen LogP contribution in [-0.2, 0) is 9.53 Å². The molecule has 0 N–H and O–H groups in total. The number of hydrogen-bond donors (Lipinski definition) is 0. The maximum absolute atomic E-state index is 11.1. The van der Waals surface area contributed by atoms with E-state index in [2.05, 4.69) is 19.1 Å². The van der Waals surface area contributed by atoms with E-state index in [1.807, 2.05) is 0 Å². The van der Waals surface area contributed by atoms with Crippen LogP contribution in [0.2, 0.25) is 0 Å². The van der Waals surface area contributed by atoms with Gasteiger partial charge >= 0.3 is 5.97 Å². The number of ether oxygens (including phenoxy) is 1. The molecule has 1 atom stereocenters. The summed E-state index contributed by atoms with van der Waals surface area (Å²) in [5, 5.41) is -0.529. The summed E-state index contributed by atoms with van der Waals surface area (Å²) in [6.45, 7) is 4.42. The Balaban J connectivity index is 3.14. The molecule has 0 aromatic heterocycles. The minimum atomic E-state index is -0.529. The van der Waals surface area contributed by atoms with Crippen LogP contribution < -0.4 is 0 Å². The molecule has 0 aliphatic heterocycles. The summed E-state index contributed by atoms with van der Waals surface area (Å²) in [6, 6.07) is 0. The summed E-state index contributed by atoms with van der Waals surface area (Å²) >= 11 is 5.62. The summed E-state index contributed by atoms with van der Waals surface area (Å²) in [5.41, 5.74) is 0. The average Bonchev–Trinajstić information content (AvgIpc) is 2.57. The summed E-state index contributed by atoms with van der Waals surface area (Å²) in [5.74, 6) is -0.301. The van der Waals surface area contributed by atoms with E-state index in [9.17, 15) is 4.79 Å². The zero-order valence-electron chi connectivity index (χ0n) is 16.0. The van der Waals surface area contributed by atoms with Crippen LogP contribution in [0.4, 0.5) is 0 Å². The van der Waals surface area contributed by atoms with E-state index in [4.69, 9.17) is 16.3 Å². The fourth-order valence-electron chi connectivity index (χ4n) is 2.64. The zero-order valence-corrected chi connectivity index (χ0v) is 16.8. The normalized spacial score (nSPS) is 12.6. The molecule has 0 amide bonds. The fourth-order valence-corrected chi connectivity index (χ4v) is 2.70. The van der Waals surface area contributed by atoms with Crippen LogP contribution in [0, 0.1) is 0 Å². The summed E-state index contributed by atoms with van der Waals surface area (Å²) in [7, 11) is 0. The molecular weight excluding hydrogens is 320 g/mol. The number of alkyl halides is 1. The Labute approximate surface area is 155 Å². The van der Waals surface area contributed by atoms with E-state index in [-0.39, 0.29) is 5.97 Å². The molecule has 3 heteroatoms. The first kappa shape index (κ1) is 23.5. The lowest BCUT2D eigenvalue weighted by Crippen LogP contribution is -2.14. The maximum atomic E-state index is 11.1. The Hall–Kier alpha value is -0.500. The SMILES string of the molecule is CCCCCCCCC=CCCCCCCCCOC(=O)C(C)Cl. The molecule has 0 radical (unpaired) electrons. The van der Waals surface area contributed by atoms with Crippen molar-refractivity contribution in [3.05, 3.63) is 12.2 Å². The Morgan fingerprint density at radius 3 is 1.79 bits per heavy atom. The van der Waals surface area contributed by atoms with Gasteiger partial charge in [0.1, 0.15) is 5.38 Å². The Bertz CT molecular complexity index is 300. The highest BCUT2D eigenvalue weighted by molar-refractivity contribution is 6.29. The second kappa shape index (κ2) is 18.8. The van der Waals surface area contributed by atoms with E-state index in [1.165, 1.54) is 77.0 Å². The van der Waals surface area contributed by atoms with Crippen LogP contribution in [0.15, 0.2) is 12.2 Å². The Kier molecular flexibility index (Phi) is 18.4. The van der Waals surface area contributed by atoms with Gasteiger partial charge in [-0.2, -0.15) is 0 Å². The minimum absolute atomic E-state index is 0.301. The average molecular weight is 359 g/mol. The van der Waals surface area contributed by atoms with Gasteiger partial charge in [0.15, 0.2) is 0 Å². The number of unbranched alkanes of at least 4 members (excludes halogenated alkanes) is 12. The number of carbonyl (C=O) groups excluding carboxylic acids is 1. The van der Waals surface area contributed by atoms with Crippen molar-refractivity contribution in [2.24, 2.45) is 0 Å². The molecule has 0 saturated heterocycles. The van der Waals surface area contributed by atoms with Gasteiger partial charge in [0.25, 0.3) is 0 Å². The fraction of sp³-hybridized carbons (Fsp3) is 0.857. The van der Waals surface area contributed by atoms with Crippen LogP contribution >= 0.6 is 11.6 Å². The van der Waals surface area contributed by atoms with Crippen LogP contribution in [0.5, 0.6) is 0 Å². The van der Waals surface area contributed by atoms with Crippen molar-refractivity contribution in [2.75, 3.05) is 6.61 Å². The number of hydrogen-bond acceptors (Lipinski definition) is 2. The van der Waals surface area contributed by atoms with Gasteiger partial charge < -0.3 is 4.74 Å². The molecule has 0 aromatic carbocycles. The molecule has 0 rings (SSSR count). The van der Waals surface area contributed by atoms with Gasteiger partial charge in [0, 0.05) is 0 Å². The number of rotatable bonds is 17. The molecule has 0 aliphatic rings. The Morgan fingerprint density at radius 1 is 0.833 bits per heavy atom. The molecule has 0 bridgehead atoms. The largest absolute Gasteiger partial charge is 0.465 e. The van der Waals surface area contributed by atoms with Gasteiger partial charge in [-0.3, -0.25) is 4.79 Å². The van der Waals surface area contributed by atoms with E-state index in [0.29, 0.717) is 6.61 Å². The van der Waals surface area contributed by atoms with Gasteiger partial charge in [-0.1, -0.05) is 76.9 Å². The molecule has 0 saturated carbocycles. The van der Waals surface area contributed by atoms with Crippen molar-refractivity contribution in [1.29, 1.82) is 0 Å². The molecule has 1 unspecified atom stereocenters. The van der Waals surface area contributed by atoms with E-state index in [1.54, 1.807) is 6.92 Å². The predicted octanol–water partition coefficient (Wildman–Crippen LogP) is 7.19. The van der Waals surface area contributed by atoms with Gasteiger partial charge in [-0.05, 0) is 39.0 Å². The van der Waals surface area contributed by atoms with E-state index >= 15 is 0 Å². The maximum Gasteiger partial charge on any atom is 0.323 e. The standard InChI is InChI=1S/C21H39ClO2/c1-3-4-5-6-7-8-9-10-11-12-13-14-15-16-17-18-19-24-21(23)20(2)22/h10-11,20H,3-9,12-19H2,1-2H3. The monoisotopic (exact) mass is 358 g/mol. The molecule has 0 spiro atoms. The van der Waals surface area contributed by atoms with Crippen molar-refractivity contribution in [1.82, 2.24) is 0 Å². The van der Waals surface area contributed by atoms with Gasteiger partial charge in [0.05, 0.1) is 6.61 Å². The lowest BCUT2D eigenvalue weighted by atomic mass is 10.1. The van der Waals surface area contributed by atoms with Crippen molar-refractivity contribution < 1.29 is 9.53 Å². The molecule has 0 aromatic rings. The van der Waals surface area contributed by atoms with E-state index < -0.39 is 5.38 Å². The second-order valence-corrected chi connectivity index (χ2v) is 7.38. The minimum Gasteiger partial charge on any atom is -0.465 e. The third kappa shape index (κ3) is 17.8. The molecule has 0 fully saturated rings. The highest BCUT2D eigenvalue weighted by atomic mass is 35.5. The van der Waals surface area contributed by atoms with Crippen molar-refractivity contribution in [3.8, 4) is 0 Å². The first-order valence-electron chi connectivity index (χ1n) is 10.1. The highest BCUT2D eigenvalue weighted by Crippen LogP contribution is 2.10. The van der Waals surface area contributed by atoms with Gasteiger partial charge in [-0.25, -0.2) is 0 Å². The molecule has 0 aliphatic carbocycles. The van der Waals surface area contributed by atoms with Crippen LogP contribution in [0.25, 0.3) is 0 Å². The molecular formula is C21H39ClO2. The highest BCUT2D eigenvalue weighted by Gasteiger charge is 2.09. The first-order valence-corrected chi connectivity index (χ1v) is 10.6. The smallest absolute Gasteiger partial charge is 0.323 e. The Morgan fingerprint density at radius 2 is 1.29 bits per heavy atom. The molecule has 142 valence electrons. The predicted molar refractivity (Wildman–Crippen MR) is 106 cm³/mol. The van der Waals surface area contributed by atoms with Crippen LogP contribution in [0.3, 0.4) is 0 Å². The quantitative estimate of drug-likeness (QED) is 0.119. The van der Waals surface area contributed by atoms with E-state index in [0.717, 1.165) is 12.8 Å². The number of carbonyl (C=O) groups is 1. The number of allylic oxidation sites excluding steroid dienone is 2. The number of esters is 1. The zero-order chi connectivity index (χ0) is 17.9. The van der Waals surface area contributed by atoms with Crippen molar-refractivity contribution in [3.63, 3.8) is 0 Å². The number of halogens is 1. The topological polar surface area (TPSA) is 26.3 Å². The van der Waals surface area contributed by atoms with Crippen molar-refractivity contribution >= 4 is 17.6 Å². The van der Waals surface area contributed by atoms with Gasteiger partial charge in [-0.15, -0.1) is 11.6 Å². The summed E-state index contributed by atoms with van der Waals surface area (Å²) < 4.78 is 5.04. The van der Waals surface area contributed by atoms with Crippen LogP contribution in [0.1, 0.15) is 104 Å². The third-order valence-corrected chi connectivity index (χ3v) is 4.40. The first-order chi connectivity index (χ1) is 11.7. The van der Waals surface area contributed by atoms with Gasteiger partial charge in [0.2, 0.25) is 0 Å². The van der Waals surface area contributed by atoms with Crippen molar-refractivity contribution in [2.45, 2.75) is 109 Å². The third-order valence-electron chi connectivity index (χ3n) is 4.23. The molecule has 2 nitrogen and oxygen atoms in total. The summed E-state index contributed by atoms with van der Waals surface area (Å²) in [6.07, 6.45) is 22.7. The lowest BCUT2D eigenvalue weighted by molar-refractivity contribution is -0.142.